The Morgan fingerprint density at radius 1 is 1.62 bits per heavy atom. The number of aromatic nitrogens is 3. The van der Waals surface area contributed by atoms with Crippen LogP contribution in [-0.4, -0.2) is 26.0 Å². The van der Waals surface area contributed by atoms with Crippen molar-refractivity contribution in [2.45, 2.75) is 13.3 Å². The van der Waals surface area contributed by atoms with Crippen molar-refractivity contribution in [3.05, 3.63) is 30.5 Å². The Hall–Kier alpha value is -2.04. The predicted molar refractivity (Wildman–Crippen MR) is 58.9 cm³/mol. The fourth-order valence-electron chi connectivity index (χ4n) is 1.48. The maximum atomic E-state index is 10.7. The SMILES string of the molecule is CC(Cc1ncc(-c2cc[nH]c2)[nH]1)C(=O)O. The zero-order valence-corrected chi connectivity index (χ0v) is 8.90. The second-order valence-corrected chi connectivity index (χ2v) is 3.79. The number of nitrogens with one attached hydrogen (secondary N) is 2. The van der Waals surface area contributed by atoms with Gasteiger partial charge in [-0.15, -0.1) is 0 Å². The van der Waals surface area contributed by atoms with E-state index in [9.17, 15) is 4.79 Å². The van der Waals surface area contributed by atoms with Gasteiger partial charge < -0.3 is 15.1 Å². The van der Waals surface area contributed by atoms with Crippen molar-refractivity contribution in [3.63, 3.8) is 0 Å². The van der Waals surface area contributed by atoms with E-state index in [4.69, 9.17) is 5.11 Å². The van der Waals surface area contributed by atoms with Crippen molar-refractivity contribution in [1.29, 1.82) is 0 Å². The Balaban J connectivity index is 2.11. The molecule has 2 rings (SSSR count). The van der Waals surface area contributed by atoms with Gasteiger partial charge in [0.2, 0.25) is 0 Å². The summed E-state index contributed by atoms with van der Waals surface area (Å²) >= 11 is 0. The standard InChI is InChI=1S/C11H13N3O2/c1-7(11(15)16)4-10-13-6-9(14-10)8-2-3-12-5-8/h2-3,5-7,12H,4H2,1H3,(H,13,14)(H,15,16). The predicted octanol–water partition coefficient (Wildman–Crippen LogP) is 1.67. The third-order valence-electron chi connectivity index (χ3n) is 2.46. The first-order chi connectivity index (χ1) is 7.66. The van der Waals surface area contributed by atoms with E-state index >= 15 is 0 Å². The highest BCUT2D eigenvalue weighted by atomic mass is 16.4. The Morgan fingerprint density at radius 2 is 2.44 bits per heavy atom. The second kappa shape index (κ2) is 4.22. The highest BCUT2D eigenvalue weighted by Gasteiger charge is 2.13. The Kier molecular flexibility index (Phi) is 2.76. The highest BCUT2D eigenvalue weighted by molar-refractivity contribution is 5.69. The topological polar surface area (TPSA) is 81.8 Å². The van der Waals surface area contributed by atoms with Crippen molar-refractivity contribution in [2.24, 2.45) is 5.92 Å². The van der Waals surface area contributed by atoms with Gasteiger partial charge in [0.05, 0.1) is 17.8 Å². The van der Waals surface area contributed by atoms with Crippen molar-refractivity contribution in [1.82, 2.24) is 15.0 Å². The fourth-order valence-corrected chi connectivity index (χ4v) is 1.48. The van der Waals surface area contributed by atoms with Gasteiger partial charge in [-0.05, 0) is 6.07 Å². The summed E-state index contributed by atoms with van der Waals surface area (Å²) in [6, 6.07) is 1.93. The summed E-state index contributed by atoms with van der Waals surface area (Å²) < 4.78 is 0. The number of imidazole rings is 1. The second-order valence-electron chi connectivity index (χ2n) is 3.79. The average Bonchev–Trinajstić information content (AvgIpc) is 2.85. The molecular weight excluding hydrogens is 206 g/mol. The van der Waals surface area contributed by atoms with Crippen LogP contribution in [-0.2, 0) is 11.2 Å². The molecule has 0 bridgehead atoms. The molecule has 84 valence electrons. The summed E-state index contributed by atoms with van der Waals surface area (Å²) in [6.07, 6.45) is 5.82. The van der Waals surface area contributed by atoms with Gasteiger partial charge in [-0.3, -0.25) is 4.79 Å². The number of hydrogen-bond acceptors (Lipinski definition) is 2. The van der Waals surface area contributed by atoms with E-state index in [0.717, 1.165) is 11.3 Å². The molecule has 3 N–H and O–H groups in total. The van der Waals surface area contributed by atoms with E-state index in [2.05, 4.69) is 15.0 Å². The first-order valence-electron chi connectivity index (χ1n) is 5.06. The monoisotopic (exact) mass is 219 g/mol. The van der Waals surface area contributed by atoms with Gasteiger partial charge in [-0.2, -0.15) is 0 Å². The number of carboxylic acid groups (broad SMARTS) is 1. The molecule has 0 spiro atoms. The molecule has 0 amide bonds. The molecule has 0 fully saturated rings. The minimum atomic E-state index is -0.806. The smallest absolute Gasteiger partial charge is 0.306 e. The van der Waals surface area contributed by atoms with Crippen molar-refractivity contribution >= 4 is 5.97 Å². The lowest BCUT2D eigenvalue weighted by Gasteiger charge is -2.01. The number of rotatable bonds is 4. The number of hydrogen-bond donors (Lipinski definition) is 3. The quantitative estimate of drug-likeness (QED) is 0.731. The van der Waals surface area contributed by atoms with Gasteiger partial charge >= 0.3 is 5.97 Å². The average molecular weight is 219 g/mol. The van der Waals surface area contributed by atoms with E-state index in [1.165, 1.54) is 0 Å². The number of nitrogens with zero attached hydrogens (tertiary/aromatic N) is 1. The Bertz CT molecular complexity index is 473. The summed E-state index contributed by atoms with van der Waals surface area (Å²) in [7, 11) is 0. The van der Waals surface area contributed by atoms with Crippen LogP contribution in [0.4, 0.5) is 0 Å². The molecular formula is C11H13N3O2. The molecule has 0 radical (unpaired) electrons. The van der Waals surface area contributed by atoms with Gasteiger partial charge in [0.1, 0.15) is 5.82 Å². The van der Waals surface area contributed by atoms with Crippen LogP contribution in [0.3, 0.4) is 0 Å². The van der Waals surface area contributed by atoms with Crippen LogP contribution in [0, 0.1) is 5.92 Å². The van der Waals surface area contributed by atoms with Crippen LogP contribution >= 0.6 is 0 Å². The third kappa shape index (κ3) is 2.13. The van der Waals surface area contributed by atoms with Gasteiger partial charge in [0, 0.05) is 24.4 Å². The lowest BCUT2D eigenvalue weighted by Crippen LogP contribution is -2.12. The first kappa shape index (κ1) is 10.5. The largest absolute Gasteiger partial charge is 0.481 e. The number of H-pyrrole nitrogens is 2. The molecule has 0 aliphatic carbocycles. The summed E-state index contributed by atoms with van der Waals surface area (Å²) in [5.41, 5.74) is 1.91. The lowest BCUT2D eigenvalue weighted by atomic mass is 10.1. The number of carboxylic acids is 1. The molecule has 2 heterocycles. The molecule has 5 nitrogen and oxygen atoms in total. The zero-order valence-electron chi connectivity index (χ0n) is 8.90. The minimum absolute atomic E-state index is 0.416. The summed E-state index contributed by atoms with van der Waals surface area (Å²) in [4.78, 5) is 20.9. The van der Waals surface area contributed by atoms with Gasteiger partial charge in [-0.25, -0.2) is 4.98 Å². The normalized spacial score (nSPS) is 12.6. The number of aliphatic carboxylic acids is 1. The van der Waals surface area contributed by atoms with E-state index in [1.54, 1.807) is 13.1 Å². The third-order valence-corrected chi connectivity index (χ3v) is 2.46. The molecule has 16 heavy (non-hydrogen) atoms. The summed E-state index contributed by atoms with van der Waals surface area (Å²) in [5.74, 6) is -0.532. The molecule has 5 heteroatoms. The molecule has 0 saturated heterocycles. The van der Waals surface area contributed by atoms with E-state index in [1.807, 2.05) is 18.5 Å². The van der Waals surface area contributed by atoms with Gasteiger partial charge in [0.15, 0.2) is 0 Å². The van der Waals surface area contributed by atoms with Crippen molar-refractivity contribution in [2.75, 3.05) is 0 Å². The fraction of sp³-hybridized carbons (Fsp3) is 0.273. The number of aromatic amines is 2. The molecule has 1 unspecified atom stereocenters. The van der Waals surface area contributed by atoms with Crippen LogP contribution in [0.15, 0.2) is 24.7 Å². The van der Waals surface area contributed by atoms with Crippen LogP contribution < -0.4 is 0 Å². The van der Waals surface area contributed by atoms with Crippen molar-refractivity contribution in [3.8, 4) is 11.3 Å². The van der Waals surface area contributed by atoms with E-state index < -0.39 is 11.9 Å². The molecule has 0 aromatic carbocycles. The Labute approximate surface area is 92.5 Å². The Morgan fingerprint density at radius 3 is 3.06 bits per heavy atom. The molecule has 0 saturated carbocycles. The van der Waals surface area contributed by atoms with Gasteiger partial charge in [0.25, 0.3) is 0 Å². The molecule has 0 aliphatic heterocycles. The maximum Gasteiger partial charge on any atom is 0.306 e. The van der Waals surface area contributed by atoms with Gasteiger partial charge in [-0.1, -0.05) is 6.92 Å². The minimum Gasteiger partial charge on any atom is -0.481 e. The van der Waals surface area contributed by atoms with Crippen LogP contribution in [0.1, 0.15) is 12.7 Å². The van der Waals surface area contributed by atoms with Crippen LogP contribution in [0.5, 0.6) is 0 Å². The molecule has 2 aromatic heterocycles. The van der Waals surface area contributed by atoms with E-state index in [-0.39, 0.29) is 0 Å². The summed E-state index contributed by atoms with van der Waals surface area (Å²) in [5, 5.41) is 8.79. The highest BCUT2D eigenvalue weighted by Crippen LogP contribution is 2.16. The maximum absolute atomic E-state index is 10.7. The van der Waals surface area contributed by atoms with Crippen LogP contribution in [0.2, 0.25) is 0 Å². The molecule has 1 atom stereocenters. The van der Waals surface area contributed by atoms with Crippen LogP contribution in [0.25, 0.3) is 11.3 Å². The lowest BCUT2D eigenvalue weighted by molar-refractivity contribution is -0.141. The van der Waals surface area contributed by atoms with E-state index in [0.29, 0.717) is 12.2 Å². The number of carbonyl (C=O) groups is 1. The molecule has 0 aliphatic rings. The molecule has 2 aromatic rings. The summed E-state index contributed by atoms with van der Waals surface area (Å²) in [6.45, 7) is 1.67. The van der Waals surface area contributed by atoms with Crippen molar-refractivity contribution < 1.29 is 9.90 Å². The first-order valence-corrected chi connectivity index (χ1v) is 5.06. The zero-order chi connectivity index (χ0) is 11.5.